The lowest BCUT2D eigenvalue weighted by Crippen LogP contribution is -2.35. The van der Waals surface area contributed by atoms with E-state index in [9.17, 15) is 14.0 Å². The van der Waals surface area contributed by atoms with E-state index >= 15 is 0 Å². The number of rotatable bonds is 7. The summed E-state index contributed by atoms with van der Waals surface area (Å²) in [5, 5.41) is 3.16. The average Bonchev–Trinajstić information content (AvgIpc) is 2.90. The molecule has 1 N–H and O–H groups in total. The second kappa shape index (κ2) is 8.57. The van der Waals surface area contributed by atoms with Gasteiger partial charge in [-0.1, -0.05) is 24.3 Å². The van der Waals surface area contributed by atoms with Gasteiger partial charge >= 0.3 is 0 Å². The molecule has 0 aliphatic carbocycles. The molecule has 0 radical (unpaired) electrons. The van der Waals surface area contributed by atoms with Gasteiger partial charge in [-0.05, 0) is 62.6 Å². The lowest BCUT2D eigenvalue weighted by Gasteiger charge is -2.17. The molecule has 2 aromatic carbocycles. The van der Waals surface area contributed by atoms with Gasteiger partial charge in [0.25, 0.3) is 11.8 Å². The number of benzene rings is 2. The first-order valence-corrected chi connectivity index (χ1v) is 9.61. The zero-order valence-electron chi connectivity index (χ0n) is 17.1. The number of carbonyl (C=O) groups is 2. The Morgan fingerprint density at radius 2 is 1.72 bits per heavy atom. The monoisotopic (exact) mass is 396 g/mol. The van der Waals surface area contributed by atoms with Gasteiger partial charge in [0.05, 0.1) is 24.8 Å². The second-order valence-electron chi connectivity index (χ2n) is 7.31. The van der Waals surface area contributed by atoms with Gasteiger partial charge < -0.3 is 10.1 Å². The minimum absolute atomic E-state index is 0.000116. The highest BCUT2D eigenvalue weighted by Gasteiger charge is 2.39. The number of nitrogens with one attached hydrogen (secondary N) is 1. The fourth-order valence-corrected chi connectivity index (χ4v) is 3.18. The Morgan fingerprint density at radius 1 is 1.03 bits per heavy atom. The molecule has 2 amide bonds. The van der Waals surface area contributed by atoms with E-state index in [1.165, 1.54) is 29.2 Å². The van der Waals surface area contributed by atoms with Crippen molar-refractivity contribution in [1.82, 2.24) is 4.90 Å². The van der Waals surface area contributed by atoms with Crippen LogP contribution in [0.5, 0.6) is 0 Å². The van der Waals surface area contributed by atoms with Crippen LogP contribution in [-0.4, -0.2) is 36.0 Å². The molecule has 0 bridgehead atoms. The van der Waals surface area contributed by atoms with Crippen LogP contribution in [0.25, 0.3) is 5.57 Å². The summed E-state index contributed by atoms with van der Waals surface area (Å²) in [4.78, 5) is 27.4. The molecule has 0 aromatic heterocycles. The number of carbonyl (C=O) groups excluding carboxylic acids is 2. The van der Waals surface area contributed by atoms with Gasteiger partial charge in [-0.25, -0.2) is 4.39 Å². The lowest BCUT2D eigenvalue weighted by atomic mass is 10.0. The van der Waals surface area contributed by atoms with Crippen molar-refractivity contribution in [2.24, 2.45) is 0 Å². The molecular weight excluding hydrogens is 371 g/mol. The molecule has 2 aromatic rings. The van der Waals surface area contributed by atoms with Crippen molar-refractivity contribution in [3.8, 4) is 0 Å². The summed E-state index contributed by atoms with van der Waals surface area (Å²) in [6, 6.07) is 11.3. The maximum absolute atomic E-state index is 13.4. The summed E-state index contributed by atoms with van der Waals surface area (Å²) in [5.41, 5.74) is 3.73. The highest BCUT2D eigenvalue weighted by atomic mass is 19.1. The Hall–Kier alpha value is -2.99. The smallest absolute Gasteiger partial charge is 0.278 e. The lowest BCUT2D eigenvalue weighted by molar-refractivity contribution is -0.137. The molecule has 0 spiro atoms. The van der Waals surface area contributed by atoms with Crippen LogP contribution in [0, 0.1) is 19.7 Å². The number of nitrogens with zero attached hydrogens (tertiary/aromatic N) is 1. The third-order valence-electron chi connectivity index (χ3n) is 4.93. The summed E-state index contributed by atoms with van der Waals surface area (Å²) >= 11 is 0. The number of hydrogen-bond acceptors (Lipinski definition) is 4. The van der Waals surface area contributed by atoms with Crippen LogP contribution in [-0.2, 0) is 14.3 Å². The molecule has 1 aliphatic rings. The van der Waals surface area contributed by atoms with Crippen LogP contribution >= 0.6 is 0 Å². The van der Waals surface area contributed by atoms with Gasteiger partial charge in [-0.3, -0.25) is 14.5 Å². The summed E-state index contributed by atoms with van der Waals surface area (Å²) < 4.78 is 18.9. The average molecular weight is 396 g/mol. The van der Waals surface area contributed by atoms with E-state index in [1.807, 2.05) is 45.9 Å². The fourth-order valence-electron chi connectivity index (χ4n) is 3.18. The molecule has 0 atom stereocenters. The third kappa shape index (κ3) is 4.38. The SMILES string of the molecule is Cc1cccc(NC2=C(c3ccc(F)cc3)C(=O)N(CCOC(C)C)C2=O)c1C. The second-order valence-corrected chi connectivity index (χ2v) is 7.31. The Morgan fingerprint density at radius 3 is 2.38 bits per heavy atom. The number of halogens is 1. The molecule has 0 saturated carbocycles. The number of ether oxygens (including phenoxy) is 1. The van der Waals surface area contributed by atoms with E-state index in [-0.39, 0.29) is 30.5 Å². The number of aryl methyl sites for hydroxylation is 1. The van der Waals surface area contributed by atoms with Crippen molar-refractivity contribution < 1.29 is 18.7 Å². The first-order chi connectivity index (χ1) is 13.8. The quantitative estimate of drug-likeness (QED) is 0.717. The molecule has 0 saturated heterocycles. The van der Waals surface area contributed by atoms with Crippen LogP contribution in [0.2, 0.25) is 0 Å². The van der Waals surface area contributed by atoms with Crippen LogP contribution in [0.3, 0.4) is 0 Å². The van der Waals surface area contributed by atoms with E-state index in [1.54, 1.807) is 0 Å². The van der Waals surface area contributed by atoms with Gasteiger partial charge in [-0.2, -0.15) is 0 Å². The predicted octanol–water partition coefficient (Wildman–Crippen LogP) is 4.06. The molecule has 29 heavy (non-hydrogen) atoms. The first kappa shape index (κ1) is 20.7. The zero-order valence-corrected chi connectivity index (χ0v) is 17.1. The highest BCUT2D eigenvalue weighted by molar-refractivity contribution is 6.36. The van der Waals surface area contributed by atoms with Crippen LogP contribution in [0.1, 0.15) is 30.5 Å². The van der Waals surface area contributed by atoms with Gasteiger partial charge in [0.1, 0.15) is 11.5 Å². The van der Waals surface area contributed by atoms with Crippen LogP contribution in [0.15, 0.2) is 48.2 Å². The number of amides is 2. The van der Waals surface area contributed by atoms with E-state index < -0.39 is 17.6 Å². The molecule has 0 unspecified atom stereocenters. The number of imide groups is 1. The van der Waals surface area contributed by atoms with E-state index in [0.29, 0.717) is 5.56 Å². The summed E-state index contributed by atoms with van der Waals surface area (Å²) in [5.74, 6) is -1.23. The molecule has 152 valence electrons. The molecule has 0 fully saturated rings. The minimum Gasteiger partial charge on any atom is -0.377 e. The number of hydrogen-bond donors (Lipinski definition) is 1. The molecule has 3 rings (SSSR count). The van der Waals surface area contributed by atoms with E-state index in [2.05, 4.69) is 5.32 Å². The number of anilines is 1. The van der Waals surface area contributed by atoms with Crippen molar-refractivity contribution in [3.63, 3.8) is 0 Å². The molecule has 1 heterocycles. The minimum atomic E-state index is -0.415. The predicted molar refractivity (Wildman–Crippen MR) is 111 cm³/mol. The normalized spacial score (nSPS) is 14.3. The highest BCUT2D eigenvalue weighted by Crippen LogP contribution is 2.31. The Labute approximate surface area is 170 Å². The van der Waals surface area contributed by atoms with Crippen LogP contribution in [0.4, 0.5) is 10.1 Å². The van der Waals surface area contributed by atoms with E-state index in [4.69, 9.17) is 4.74 Å². The Bertz CT molecular complexity index is 965. The topological polar surface area (TPSA) is 58.6 Å². The summed E-state index contributed by atoms with van der Waals surface area (Å²) in [6.07, 6.45) is -0.000116. The maximum Gasteiger partial charge on any atom is 0.278 e. The van der Waals surface area contributed by atoms with Gasteiger partial charge in [0.2, 0.25) is 0 Å². The van der Waals surface area contributed by atoms with Crippen molar-refractivity contribution in [2.75, 3.05) is 18.5 Å². The van der Waals surface area contributed by atoms with E-state index in [0.717, 1.165) is 16.8 Å². The molecular formula is C23H25FN2O3. The third-order valence-corrected chi connectivity index (χ3v) is 4.93. The maximum atomic E-state index is 13.4. The first-order valence-electron chi connectivity index (χ1n) is 9.61. The van der Waals surface area contributed by atoms with Crippen molar-refractivity contribution in [2.45, 2.75) is 33.8 Å². The summed E-state index contributed by atoms with van der Waals surface area (Å²) in [7, 11) is 0. The van der Waals surface area contributed by atoms with Gasteiger partial charge in [0, 0.05) is 5.69 Å². The van der Waals surface area contributed by atoms with Crippen molar-refractivity contribution in [1.29, 1.82) is 0 Å². The Balaban J connectivity index is 1.99. The fraction of sp³-hybridized carbons (Fsp3) is 0.304. The van der Waals surface area contributed by atoms with Gasteiger partial charge in [-0.15, -0.1) is 0 Å². The summed E-state index contributed by atoms with van der Waals surface area (Å²) in [6.45, 7) is 8.12. The molecule has 6 heteroatoms. The molecule has 5 nitrogen and oxygen atoms in total. The largest absolute Gasteiger partial charge is 0.377 e. The zero-order chi connectivity index (χ0) is 21.1. The molecule has 1 aliphatic heterocycles. The standard InChI is InChI=1S/C23H25FN2O3/c1-14(2)29-13-12-26-22(27)20(17-8-10-18(24)11-9-17)21(23(26)28)25-19-7-5-6-15(3)16(19)4/h5-11,14,25H,12-13H2,1-4H3. The van der Waals surface area contributed by atoms with Gasteiger partial charge in [0.15, 0.2) is 0 Å². The Kier molecular flexibility index (Phi) is 6.13. The van der Waals surface area contributed by atoms with Crippen LogP contribution < -0.4 is 5.32 Å². The van der Waals surface area contributed by atoms with Crippen molar-refractivity contribution >= 4 is 23.1 Å². The van der Waals surface area contributed by atoms with Crippen molar-refractivity contribution in [3.05, 3.63) is 70.7 Å².